The molecule has 0 saturated heterocycles. The van der Waals surface area contributed by atoms with Gasteiger partial charge in [0.05, 0.1) is 11.9 Å². The second kappa shape index (κ2) is 6.80. The van der Waals surface area contributed by atoms with Crippen LogP contribution in [0.2, 0.25) is 5.02 Å². The number of rotatable bonds is 5. The van der Waals surface area contributed by atoms with Gasteiger partial charge in [0.25, 0.3) is 0 Å². The van der Waals surface area contributed by atoms with Crippen LogP contribution in [0.4, 0.5) is 0 Å². The first kappa shape index (κ1) is 16.7. The molecule has 0 amide bonds. The third kappa shape index (κ3) is 3.23. The van der Waals surface area contributed by atoms with Gasteiger partial charge in [-0.15, -0.1) is 0 Å². The van der Waals surface area contributed by atoms with E-state index in [9.17, 15) is 5.11 Å². The Kier molecular flexibility index (Phi) is 4.74. The van der Waals surface area contributed by atoms with Crippen molar-refractivity contribution in [3.05, 3.63) is 88.5 Å². The zero-order chi connectivity index (χ0) is 17.2. The molecule has 1 N–H and O–H groups in total. The van der Waals surface area contributed by atoms with Crippen LogP contribution in [0.3, 0.4) is 0 Å². The summed E-state index contributed by atoms with van der Waals surface area (Å²) in [5, 5.41) is 11.9. The average Bonchev–Trinajstić information content (AvgIpc) is 2.99. The molecule has 0 aliphatic rings. The molecule has 0 unspecified atom stereocenters. The summed E-state index contributed by atoms with van der Waals surface area (Å²) in [4.78, 5) is 4.52. The molecule has 1 atom stereocenters. The molecule has 0 saturated carbocycles. The van der Waals surface area contributed by atoms with Crippen LogP contribution in [-0.2, 0) is 18.6 Å². The van der Waals surface area contributed by atoms with E-state index >= 15 is 0 Å². The van der Waals surface area contributed by atoms with Gasteiger partial charge in [0.15, 0.2) is 0 Å². The van der Waals surface area contributed by atoms with Crippen LogP contribution in [0.15, 0.2) is 60.8 Å². The Morgan fingerprint density at radius 2 is 1.75 bits per heavy atom. The minimum absolute atomic E-state index is 0.654. The normalized spacial score (nSPS) is 13.7. The van der Waals surface area contributed by atoms with Gasteiger partial charge in [-0.1, -0.05) is 61.0 Å². The Balaban J connectivity index is 2.04. The summed E-state index contributed by atoms with van der Waals surface area (Å²) in [5.41, 5.74) is 1.62. The number of hydrogen-bond donors (Lipinski definition) is 1. The van der Waals surface area contributed by atoms with E-state index < -0.39 is 5.60 Å². The number of imidazole rings is 1. The average molecular weight is 341 g/mol. The van der Waals surface area contributed by atoms with Crippen molar-refractivity contribution in [1.29, 1.82) is 0 Å². The highest BCUT2D eigenvalue weighted by molar-refractivity contribution is 6.30. The smallest absolute Gasteiger partial charge is 0.128 e. The van der Waals surface area contributed by atoms with Gasteiger partial charge in [-0.2, -0.15) is 0 Å². The third-order valence-corrected chi connectivity index (χ3v) is 4.60. The SMILES string of the molecule is CCc1ncc([C@](C)(O)c2ccc(Cl)cc2)n1Cc1ccccc1. The molecule has 2 aromatic carbocycles. The lowest BCUT2D eigenvalue weighted by Gasteiger charge is -2.26. The Bertz CT molecular complexity index is 807. The summed E-state index contributed by atoms with van der Waals surface area (Å²) in [6, 6.07) is 17.5. The minimum atomic E-state index is -1.14. The molecule has 1 heterocycles. The number of halogens is 1. The van der Waals surface area contributed by atoms with Gasteiger partial charge < -0.3 is 9.67 Å². The van der Waals surface area contributed by atoms with Gasteiger partial charge in [-0.3, -0.25) is 0 Å². The first-order chi connectivity index (χ1) is 11.5. The van der Waals surface area contributed by atoms with Crippen molar-refractivity contribution in [3.63, 3.8) is 0 Å². The van der Waals surface area contributed by atoms with Crippen LogP contribution in [0.5, 0.6) is 0 Å². The van der Waals surface area contributed by atoms with Crippen molar-refractivity contribution in [2.45, 2.75) is 32.4 Å². The summed E-state index contributed by atoms with van der Waals surface area (Å²) in [6.45, 7) is 4.56. The van der Waals surface area contributed by atoms with Crippen LogP contribution in [0, 0.1) is 0 Å². The van der Waals surface area contributed by atoms with Crippen molar-refractivity contribution in [2.75, 3.05) is 0 Å². The summed E-state index contributed by atoms with van der Waals surface area (Å²) in [7, 11) is 0. The molecule has 0 radical (unpaired) electrons. The summed E-state index contributed by atoms with van der Waals surface area (Å²) >= 11 is 5.97. The van der Waals surface area contributed by atoms with E-state index in [-0.39, 0.29) is 0 Å². The van der Waals surface area contributed by atoms with E-state index in [0.29, 0.717) is 11.6 Å². The lowest BCUT2D eigenvalue weighted by atomic mass is 9.92. The molecule has 3 nitrogen and oxygen atoms in total. The largest absolute Gasteiger partial charge is 0.379 e. The predicted molar refractivity (Wildman–Crippen MR) is 97.3 cm³/mol. The van der Waals surface area contributed by atoms with Gasteiger partial charge in [0.1, 0.15) is 11.4 Å². The third-order valence-electron chi connectivity index (χ3n) is 4.34. The highest BCUT2D eigenvalue weighted by Crippen LogP contribution is 2.31. The molecule has 1 aromatic heterocycles. The maximum atomic E-state index is 11.2. The first-order valence-electron chi connectivity index (χ1n) is 8.09. The van der Waals surface area contributed by atoms with Gasteiger partial charge in [-0.05, 0) is 30.2 Å². The Morgan fingerprint density at radius 1 is 1.08 bits per heavy atom. The quantitative estimate of drug-likeness (QED) is 0.747. The van der Waals surface area contributed by atoms with Gasteiger partial charge in [0.2, 0.25) is 0 Å². The summed E-state index contributed by atoms with van der Waals surface area (Å²) in [5.74, 6) is 0.961. The molecule has 24 heavy (non-hydrogen) atoms. The van der Waals surface area contributed by atoms with Crippen molar-refractivity contribution >= 4 is 11.6 Å². The van der Waals surface area contributed by atoms with E-state index in [2.05, 4.69) is 28.6 Å². The van der Waals surface area contributed by atoms with Crippen LogP contribution < -0.4 is 0 Å². The molecule has 3 aromatic rings. The number of aliphatic hydroxyl groups is 1. The van der Waals surface area contributed by atoms with E-state index in [1.165, 1.54) is 5.56 Å². The molecule has 0 aliphatic heterocycles. The summed E-state index contributed by atoms with van der Waals surface area (Å²) < 4.78 is 2.10. The maximum absolute atomic E-state index is 11.2. The van der Waals surface area contributed by atoms with Crippen molar-refractivity contribution in [3.8, 4) is 0 Å². The molecule has 124 valence electrons. The lowest BCUT2D eigenvalue weighted by Crippen LogP contribution is -2.27. The van der Waals surface area contributed by atoms with Crippen LogP contribution in [0.25, 0.3) is 0 Å². The number of hydrogen-bond acceptors (Lipinski definition) is 2. The molecule has 3 rings (SSSR count). The minimum Gasteiger partial charge on any atom is -0.379 e. The second-order valence-electron chi connectivity index (χ2n) is 6.06. The number of aromatic nitrogens is 2. The van der Waals surface area contributed by atoms with Crippen molar-refractivity contribution in [1.82, 2.24) is 9.55 Å². The standard InChI is InChI=1S/C20H21ClN2O/c1-3-19-22-13-18(23(19)14-15-7-5-4-6-8-15)20(2,24)16-9-11-17(21)12-10-16/h4-13,24H,3,14H2,1-2H3/t20-/m1/s1. The number of aryl methyl sites for hydroxylation is 1. The lowest BCUT2D eigenvalue weighted by molar-refractivity contribution is 0.0932. The van der Waals surface area contributed by atoms with Crippen LogP contribution in [-0.4, -0.2) is 14.7 Å². The molecule has 0 aliphatic carbocycles. The van der Waals surface area contributed by atoms with Gasteiger partial charge in [-0.25, -0.2) is 4.98 Å². The Labute approximate surface area is 147 Å². The Morgan fingerprint density at radius 3 is 2.38 bits per heavy atom. The zero-order valence-corrected chi connectivity index (χ0v) is 14.7. The highest BCUT2D eigenvalue weighted by atomic mass is 35.5. The zero-order valence-electron chi connectivity index (χ0n) is 13.9. The van der Waals surface area contributed by atoms with Crippen molar-refractivity contribution < 1.29 is 5.11 Å². The first-order valence-corrected chi connectivity index (χ1v) is 8.47. The Hall–Kier alpha value is -2.10. The number of benzene rings is 2. The van der Waals surface area contributed by atoms with E-state index in [1.54, 1.807) is 25.3 Å². The van der Waals surface area contributed by atoms with E-state index in [1.807, 2.05) is 30.3 Å². The van der Waals surface area contributed by atoms with Gasteiger partial charge in [0, 0.05) is 18.0 Å². The van der Waals surface area contributed by atoms with Crippen molar-refractivity contribution in [2.24, 2.45) is 0 Å². The van der Waals surface area contributed by atoms with Crippen LogP contribution in [0.1, 0.15) is 36.5 Å². The van der Waals surface area contributed by atoms with Crippen LogP contribution >= 0.6 is 11.6 Å². The fourth-order valence-corrected chi connectivity index (χ4v) is 3.08. The molecular formula is C20H21ClN2O. The molecule has 4 heteroatoms. The molecular weight excluding hydrogens is 320 g/mol. The molecule has 0 spiro atoms. The maximum Gasteiger partial charge on any atom is 0.128 e. The number of nitrogens with zero attached hydrogens (tertiary/aromatic N) is 2. The fraction of sp³-hybridized carbons (Fsp3) is 0.250. The predicted octanol–water partition coefficient (Wildman–Crippen LogP) is 4.40. The topological polar surface area (TPSA) is 38.1 Å². The van der Waals surface area contributed by atoms with Gasteiger partial charge >= 0.3 is 0 Å². The molecule has 0 fully saturated rings. The fourth-order valence-electron chi connectivity index (χ4n) is 2.95. The molecule has 0 bridgehead atoms. The highest BCUT2D eigenvalue weighted by Gasteiger charge is 2.30. The summed E-state index contributed by atoms with van der Waals surface area (Å²) in [6.07, 6.45) is 2.58. The monoisotopic (exact) mass is 340 g/mol. The van der Waals surface area contributed by atoms with E-state index in [4.69, 9.17) is 11.6 Å². The second-order valence-corrected chi connectivity index (χ2v) is 6.50. The van der Waals surface area contributed by atoms with E-state index in [0.717, 1.165) is 23.5 Å².